The fourth-order valence-corrected chi connectivity index (χ4v) is 13.6. The van der Waals surface area contributed by atoms with E-state index in [0.29, 0.717) is 108 Å². The number of alkyl carbamates (subject to hydrolysis) is 2. The van der Waals surface area contributed by atoms with Gasteiger partial charge in [0.1, 0.15) is 35.6 Å². The number of hydrazine groups is 1. The summed E-state index contributed by atoms with van der Waals surface area (Å²) < 4.78 is 223. The van der Waals surface area contributed by atoms with Crippen molar-refractivity contribution in [2.75, 3.05) is 64.3 Å². The first kappa shape index (κ1) is 85.4. The smallest absolute Gasteiger partial charge is 0.459 e. The summed E-state index contributed by atoms with van der Waals surface area (Å²) in [5.41, 5.74) is -8.09. The number of carbonyl (C=O) groups excluding carboxylic acids is 6. The summed E-state index contributed by atoms with van der Waals surface area (Å²) in [7, 11) is -8.78. The molecule has 0 radical (unpaired) electrons. The summed E-state index contributed by atoms with van der Waals surface area (Å²) >= 11 is 0. The van der Waals surface area contributed by atoms with Crippen LogP contribution in [0.4, 0.5) is 59.4 Å². The fraction of sp³-hybridized carbons (Fsp3) is 0.515. The van der Waals surface area contributed by atoms with Crippen LogP contribution in [0.2, 0.25) is 0 Å². The molecule has 0 spiro atoms. The van der Waals surface area contributed by atoms with E-state index in [0.717, 1.165) is 38.3 Å². The predicted octanol–water partition coefficient (Wildman–Crippen LogP) is 7.26. The molecule has 109 heavy (non-hydrogen) atoms. The fourth-order valence-electron chi connectivity index (χ4n) is 12.8. The molecule has 2 unspecified atom stereocenters. The van der Waals surface area contributed by atoms with Crippen LogP contribution < -0.4 is 36.1 Å². The molecule has 41 heteroatoms. The summed E-state index contributed by atoms with van der Waals surface area (Å²) in [6, 6.07) is 3.46. The first-order chi connectivity index (χ1) is 50.7. The largest absolute Gasteiger partial charge is 0.524 e. The number of fused-ring (bicyclic) bond motifs is 2. The monoisotopic (exact) mass is 1590 g/mol. The van der Waals surface area contributed by atoms with Gasteiger partial charge in [-0.05, 0) is 107 Å². The number of methoxy groups -OCH3 is 2. The zero-order chi connectivity index (χ0) is 80.7. The maximum Gasteiger partial charge on any atom is 0.524 e. The summed E-state index contributed by atoms with van der Waals surface area (Å²) in [6.45, 7) is 1.89. The van der Waals surface area contributed by atoms with Gasteiger partial charge in [0.2, 0.25) is 17.8 Å². The Hall–Kier alpha value is -9.23. The first-order valence-electron chi connectivity index (χ1n) is 33.5. The van der Waals surface area contributed by atoms with Crippen LogP contribution in [0.3, 0.4) is 0 Å². The van der Waals surface area contributed by atoms with E-state index >= 15 is 44.7 Å². The lowest BCUT2D eigenvalue weighted by Crippen LogP contribution is -2.64. The second kappa shape index (κ2) is 34.4. The number of rotatable bonds is 30. The zero-order valence-electron chi connectivity index (χ0n) is 60.1. The van der Waals surface area contributed by atoms with E-state index in [1.165, 1.54) is 63.5 Å². The third kappa shape index (κ3) is 22.1. The average Bonchev–Trinajstić information content (AvgIpc) is 1.76. The number of alkyl halides is 8. The van der Waals surface area contributed by atoms with E-state index in [9.17, 15) is 55.3 Å². The Kier molecular flexibility index (Phi) is 26.9. The second-order valence-corrected chi connectivity index (χ2v) is 30.8. The maximum atomic E-state index is 16.8. The van der Waals surface area contributed by atoms with Gasteiger partial charge < -0.3 is 49.6 Å². The molecule has 3 fully saturated rings. The highest BCUT2D eigenvalue weighted by atomic mass is 32.2. The molecule has 0 saturated carbocycles. The SMILES string of the molecule is COC(=O)N[C@H](C(=O)N[C@@H](Cc1ccc(C#Cc2cnc(N3CC4CCC(C3)N4C3COC3)nc2)cc1)[C@H](CN(Cc1c(F)cc(-c2ccn(C(F)F)n2)cc1F)NC(=O)[C@@H](NC(=O)OC)C(C)(C)C(F)(F)F)OC(=O)CC(C)(C)c1c(CC(=O)NCCS(=O)(=O)O)cc(C)cc1OP(=O)(O)O)C(C)(C)C(F)(F)F. The third-order valence-electron chi connectivity index (χ3n) is 18.8. The minimum atomic E-state index is -5.60. The Labute approximate surface area is 618 Å². The molecular weight excluding hydrogens is 1510 g/mol. The number of esters is 1. The number of piperazine rings is 1. The molecule has 3 aromatic carbocycles. The number of aryl methyl sites for hydroxylation is 1. The Morgan fingerprint density at radius 2 is 1.34 bits per heavy atom. The van der Waals surface area contributed by atoms with Crippen molar-refractivity contribution in [3.05, 3.63) is 124 Å². The molecule has 8 N–H and O–H groups in total. The third-order valence-corrected chi connectivity index (χ3v) is 19.9. The number of benzene rings is 3. The summed E-state index contributed by atoms with van der Waals surface area (Å²) in [6.07, 6.45) is -13.1. The number of nitrogens with one attached hydrogen (secondary N) is 5. The maximum absolute atomic E-state index is 16.8. The van der Waals surface area contributed by atoms with Gasteiger partial charge in [0.15, 0.2) is 0 Å². The number of amides is 5. The minimum absolute atomic E-state index is 0.0709. The van der Waals surface area contributed by atoms with Crippen molar-refractivity contribution < 1.29 is 123 Å². The number of ether oxygens (including phenoxy) is 4. The Morgan fingerprint density at radius 1 is 0.780 bits per heavy atom. The Morgan fingerprint density at radius 3 is 1.84 bits per heavy atom. The normalized spacial score (nSPS) is 17.1. The van der Waals surface area contributed by atoms with Crippen molar-refractivity contribution in [3.63, 3.8) is 0 Å². The van der Waals surface area contributed by atoms with Gasteiger partial charge in [-0.1, -0.05) is 43.9 Å². The lowest BCUT2D eigenvalue weighted by Gasteiger charge is -2.47. The van der Waals surface area contributed by atoms with Crippen molar-refractivity contribution in [3.8, 4) is 28.8 Å². The summed E-state index contributed by atoms with van der Waals surface area (Å²) in [5.74, 6) is -4.46. The molecule has 3 aliphatic rings. The number of halogens is 10. The van der Waals surface area contributed by atoms with Crippen molar-refractivity contribution in [2.45, 2.75) is 154 Å². The molecule has 8 rings (SSSR count). The highest BCUT2D eigenvalue weighted by Crippen LogP contribution is 2.47. The van der Waals surface area contributed by atoms with Crippen LogP contribution in [-0.2, 0) is 77.6 Å². The van der Waals surface area contributed by atoms with Gasteiger partial charge in [0, 0.05) is 84.5 Å². The van der Waals surface area contributed by atoms with Gasteiger partial charge in [0.05, 0.1) is 86.7 Å². The van der Waals surface area contributed by atoms with Gasteiger partial charge in [-0.15, -0.1) is 0 Å². The molecule has 3 aliphatic heterocycles. The molecule has 5 amide bonds. The standard InChI is InChI=1S/C68H81F10N12O17PS/c1-37-22-42(27-53(91)79-19-21-109(100,101)102)55(51(23-37)107-108(97,98)99)64(2,3)28-54(92)106-52(34-88(86-59(94)57(84-63(96)104-9)66(6,7)68(76,77)78)33-46-47(69)25-41(26-48(46)70)49-18-20-89(85-49)60(71)72)50(82-58(93)56(83-62(95)103-8)65(4,5)67(73,74)75)24-39-13-10-38(11-14-39)12-15-40-29-80-61(81-30-40)87-31-43-16-17-44(32-87)90(43)45-35-105-36-45/h10-11,13-14,18,20,22-23,25-26,29-30,43-45,50,52,56-57,60H,16-17,19,21,24,27-28,31-36H2,1-9H3,(H,79,91)(H,82,93)(H,83,95)(H,84,96)(H,86,94)(H2,97,98,99)(H,100,101,102)/t43?,44?,50-,52-,56+,57+/m0/s1. The van der Waals surface area contributed by atoms with Crippen molar-refractivity contribution in [2.24, 2.45) is 10.8 Å². The number of carbonyl (C=O) groups is 6. The zero-order valence-corrected chi connectivity index (χ0v) is 61.8. The number of hydrogen-bond acceptors (Lipinski definition) is 20. The van der Waals surface area contributed by atoms with Gasteiger partial charge in [-0.3, -0.25) is 43.8 Å². The van der Waals surface area contributed by atoms with Crippen molar-refractivity contribution in [1.29, 1.82) is 0 Å². The molecule has 2 aromatic heterocycles. The molecule has 5 aromatic rings. The second-order valence-electron chi connectivity index (χ2n) is 28.1. The van der Waals surface area contributed by atoms with Crippen LogP contribution in [0.15, 0.2) is 73.2 Å². The highest BCUT2D eigenvalue weighted by Gasteiger charge is 2.58. The molecule has 0 aliphatic carbocycles. The van der Waals surface area contributed by atoms with Crippen molar-refractivity contribution >= 4 is 59.8 Å². The highest BCUT2D eigenvalue weighted by molar-refractivity contribution is 7.85. The molecule has 5 heterocycles. The molecule has 3 saturated heterocycles. The lowest BCUT2D eigenvalue weighted by molar-refractivity contribution is -0.221. The van der Waals surface area contributed by atoms with Gasteiger partial charge >= 0.3 is 44.9 Å². The van der Waals surface area contributed by atoms with Gasteiger partial charge in [-0.2, -0.15) is 48.6 Å². The van der Waals surface area contributed by atoms with E-state index in [-0.39, 0.29) is 32.5 Å². The summed E-state index contributed by atoms with van der Waals surface area (Å²) in [4.78, 5) is 119. The van der Waals surface area contributed by atoms with Crippen LogP contribution in [0, 0.1) is 41.2 Å². The van der Waals surface area contributed by atoms with Crippen LogP contribution in [-0.4, -0.2) is 202 Å². The van der Waals surface area contributed by atoms with Crippen LogP contribution in [0.5, 0.6) is 5.75 Å². The lowest BCUT2D eigenvalue weighted by atomic mass is 9.77. The van der Waals surface area contributed by atoms with Gasteiger partial charge in [0.25, 0.3) is 16.0 Å². The number of hydrogen-bond donors (Lipinski definition) is 8. The molecule has 29 nitrogen and oxygen atoms in total. The van der Waals surface area contributed by atoms with E-state index < -0.39 is 192 Å². The van der Waals surface area contributed by atoms with E-state index in [1.807, 2.05) is 5.32 Å². The average molecular weight is 1590 g/mol. The summed E-state index contributed by atoms with van der Waals surface area (Å²) in [5, 5.41) is 12.2. The molecule has 6 atom stereocenters. The molecule has 2 bridgehead atoms. The number of nitrogens with zero attached hydrogens (tertiary/aromatic N) is 7. The minimum Gasteiger partial charge on any atom is -0.459 e. The van der Waals surface area contributed by atoms with Crippen LogP contribution in [0.25, 0.3) is 11.3 Å². The number of phosphoric acid groups is 1. The van der Waals surface area contributed by atoms with Gasteiger partial charge in [-0.25, -0.2) is 42.6 Å². The van der Waals surface area contributed by atoms with E-state index in [2.05, 4.69) is 62.2 Å². The quantitative estimate of drug-likeness (QED) is 0.00426. The Balaban J connectivity index is 1.27. The van der Waals surface area contributed by atoms with E-state index in [1.54, 1.807) is 5.32 Å². The predicted molar refractivity (Wildman–Crippen MR) is 366 cm³/mol. The number of anilines is 1. The van der Waals surface area contributed by atoms with Crippen LogP contribution in [0.1, 0.15) is 106 Å². The van der Waals surface area contributed by atoms with E-state index in [4.69, 9.17) is 14.0 Å². The van der Waals surface area contributed by atoms with Crippen LogP contribution >= 0.6 is 7.82 Å². The molecular formula is C68H81F10N12O17PS. The number of aromatic nitrogens is 4. The topological polar surface area (TPSA) is 374 Å². The van der Waals surface area contributed by atoms with Crippen molar-refractivity contribution in [1.82, 2.24) is 56.4 Å². The Bertz CT molecular complexity index is 4350. The first-order valence-corrected chi connectivity index (χ1v) is 36.6. The number of phosphoric ester groups is 1. The molecule has 596 valence electrons.